The summed E-state index contributed by atoms with van der Waals surface area (Å²) in [6, 6.07) is 1.45. The number of halogens is 4. The maximum absolute atomic E-state index is 12.3. The Hall–Kier alpha value is -0.530. The minimum absolute atomic E-state index is 0.226. The molecule has 0 radical (unpaired) electrons. The molecule has 0 saturated carbocycles. The van der Waals surface area contributed by atoms with Gasteiger partial charge in [-0.2, -0.15) is 13.2 Å². The molecule has 6 heteroatoms. The van der Waals surface area contributed by atoms with Crippen LogP contribution in [0.4, 0.5) is 13.2 Å². The summed E-state index contributed by atoms with van der Waals surface area (Å²) in [7, 11) is 1.19. The lowest BCUT2D eigenvalue weighted by Crippen LogP contribution is -2.10. The topological polar surface area (TPSA) is 22.1 Å². The fourth-order valence-corrected chi connectivity index (χ4v) is 1.46. The zero-order chi connectivity index (χ0) is 10.1. The molecule has 2 nitrogen and oxygen atoms in total. The second-order valence-corrected chi connectivity index (χ2v) is 3.33. The summed E-state index contributed by atoms with van der Waals surface area (Å²) in [5, 5.41) is 0. The molecule has 0 bridgehead atoms. The molecule has 0 unspecified atom stereocenters. The van der Waals surface area contributed by atoms with E-state index in [-0.39, 0.29) is 5.75 Å². The van der Waals surface area contributed by atoms with Gasteiger partial charge in [-0.1, -0.05) is 0 Å². The SMILES string of the molecule is COc1c(I)ccnc1C(F)(F)F. The van der Waals surface area contributed by atoms with Gasteiger partial charge >= 0.3 is 6.18 Å². The Morgan fingerprint density at radius 1 is 1.46 bits per heavy atom. The van der Waals surface area contributed by atoms with Crippen LogP contribution in [0.2, 0.25) is 0 Å². The number of rotatable bonds is 1. The number of hydrogen-bond donors (Lipinski definition) is 0. The molecular weight excluding hydrogens is 298 g/mol. The molecule has 1 rings (SSSR count). The largest absolute Gasteiger partial charge is 0.493 e. The summed E-state index contributed by atoms with van der Waals surface area (Å²) in [6.45, 7) is 0. The fourth-order valence-electron chi connectivity index (χ4n) is 0.821. The molecule has 0 aliphatic heterocycles. The molecule has 1 aromatic rings. The van der Waals surface area contributed by atoms with Gasteiger partial charge in [-0.3, -0.25) is 0 Å². The van der Waals surface area contributed by atoms with Gasteiger partial charge in [-0.05, 0) is 28.7 Å². The minimum atomic E-state index is -4.47. The molecule has 13 heavy (non-hydrogen) atoms. The highest BCUT2D eigenvalue weighted by Crippen LogP contribution is 2.36. The second-order valence-electron chi connectivity index (χ2n) is 2.17. The molecule has 0 N–H and O–H groups in total. The summed E-state index contributed by atoms with van der Waals surface area (Å²) in [5.74, 6) is -0.226. The summed E-state index contributed by atoms with van der Waals surface area (Å²) in [4.78, 5) is 3.23. The maximum atomic E-state index is 12.3. The van der Waals surface area contributed by atoms with Gasteiger partial charge in [0.15, 0.2) is 11.4 Å². The molecule has 0 saturated heterocycles. The van der Waals surface area contributed by atoms with E-state index in [2.05, 4.69) is 9.72 Å². The zero-order valence-corrected chi connectivity index (χ0v) is 8.68. The Labute approximate surface area is 86.3 Å². The lowest BCUT2D eigenvalue weighted by molar-refractivity contribution is -0.142. The first-order chi connectivity index (χ1) is 5.96. The van der Waals surface area contributed by atoms with Gasteiger partial charge in [0.05, 0.1) is 10.7 Å². The van der Waals surface area contributed by atoms with Crippen molar-refractivity contribution in [3.63, 3.8) is 0 Å². The van der Waals surface area contributed by atoms with Crippen molar-refractivity contribution in [2.24, 2.45) is 0 Å². The number of methoxy groups -OCH3 is 1. The Morgan fingerprint density at radius 2 is 2.08 bits per heavy atom. The number of nitrogens with zero attached hydrogens (tertiary/aromatic N) is 1. The molecule has 0 amide bonds. The first-order valence-corrected chi connectivity index (χ1v) is 4.30. The summed E-state index contributed by atoms with van der Waals surface area (Å²) >= 11 is 1.76. The van der Waals surface area contributed by atoms with Crippen LogP contribution >= 0.6 is 22.6 Å². The maximum Gasteiger partial charge on any atom is 0.437 e. The third-order valence-corrected chi connectivity index (χ3v) is 2.18. The first kappa shape index (κ1) is 10.6. The Morgan fingerprint density at radius 3 is 2.46 bits per heavy atom. The average Bonchev–Trinajstić information content (AvgIpc) is 2.02. The lowest BCUT2D eigenvalue weighted by Gasteiger charge is -2.11. The van der Waals surface area contributed by atoms with Crippen LogP contribution in [0.1, 0.15) is 5.69 Å². The van der Waals surface area contributed by atoms with Crippen molar-refractivity contribution in [3.05, 3.63) is 21.5 Å². The molecule has 0 atom stereocenters. The molecule has 0 fully saturated rings. The fraction of sp³-hybridized carbons (Fsp3) is 0.286. The van der Waals surface area contributed by atoms with Crippen LogP contribution in [-0.2, 0) is 6.18 Å². The van der Waals surface area contributed by atoms with E-state index in [0.717, 1.165) is 6.20 Å². The third kappa shape index (κ3) is 2.23. The number of ether oxygens (including phenoxy) is 1. The van der Waals surface area contributed by atoms with E-state index in [1.807, 2.05) is 0 Å². The standard InChI is InChI=1S/C7H5F3INO/c1-13-5-4(11)2-3-12-6(5)7(8,9)10/h2-3H,1H3. The average molecular weight is 303 g/mol. The van der Waals surface area contributed by atoms with Crippen LogP contribution in [0.15, 0.2) is 12.3 Å². The normalized spacial score (nSPS) is 11.5. The van der Waals surface area contributed by atoms with E-state index in [1.165, 1.54) is 13.2 Å². The van der Waals surface area contributed by atoms with Crippen LogP contribution in [0, 0.1) is 3.57 Å². The van der Waals surface area contributed by atoms with E-state index < -0.39 is 11.9 Å². The number of aromatic nitrogens is 1. The van der Waals surface area contributed by atoms with Gasteiger partial charge in [0.1, 0.15) is 0 Å². The van der Waals surface area contributed by atoms with Crippen molar-refractivity contribution in [3.8, 4) is 5.75 Å². The van der Waals surface area contributed by atoms with Crippen molar-refractivity contribution < 1.29 is 17.9 Å². The molecule has 1 heterocycles. The molecule has 0 aromatic carbocycles. The predicted octanol–water partition coefficient (Wildman–Crippen LogP) is 2.71. The van der Waals surface area contributed by atoms with Crippen molar-refractivity contribution in [1.82, 2.24) is 4.98 Å². The minimum Gasteiger partial charge on any atom is -0.493 e. The van der Waals surface area contributed by atoms with Crippen LogP contribution in [0.5, 0.6) is 5.75 Å². The molecule has 72 valence electrons. The Balaban J connectivity index is 3.29. The number of alkyl halides is 3. The summed E-state index contributed by atoms with van der Waals surface area (Å²) < 4.78 is 41.8. The van der Waals surface area contributed by atoms with Crippen molar-refractivity contribution in [2.75, 3.05) is 7.11 Å². The van der Waals surface area contributed by atoms with Gasteiger partial charge in [-0.25, -0.2) is 4.98 Å². The molecular formula is C7H5F3INO. The van der Waals surface area contributed by atoms with Gasteiger partial charge in [0, 0.05) is 6.20 Å². The quantitative estimate of drug-likeness (QED) is 0.744. The highest BCUT2D eigenvalue weighted by atomic mass is 127. The van der Waals surface area contributed by atoms with Crippen molar-refractivity contribution in [1.29, 1.82) is 0 Å². The van der Waals surface area contributed by atoms with E-state index in [9.17, 15) is 13.2 Å². The second kappa shape index (κ2) is 3.69. The van der Waals surface area contributed by atoms with E-state index in [1.54, 1.807) is 22.6 Å². The monoisotopic (exact) mass is 303 g/mol. The van der Waals surface area contributed by atoms with E-state index >= 15 is 0 Å². The molecule has 1 aromatic heterocycles. The third-order valence-electron chi connectivity index (χ3n) is 1.33. The zero-order valence-electron chi connectivity index (χ0n) is 6.52. The Kier molecular flexibility index (Phi) is 2.99. The lowest BCUT2D eigenvalue weighted by atomic mass is 10.3. The molecule has 0 spiro atoms. The Bertz CT molecular complexity index is 313. The highest BCUT2D eigenvalue weighted by molar-refractivity contribution is 14.1. The van der Waals surface area contributed by atoms with Crippen molar-refractivity contribution >= 4 is 22.6 Å². The van der Waals surface area contributed by atoms with Crippen LogP contribution in [0.3, 0.4) is 0 Å². The first-order valence-electron chi connectivity index (χ1n) is 3.22. The van der Waals surface area contributed by atoms with E-state index in [0.29, 0.717) is 3.57 Å². The summed E-state index contributed by atoms with van der Waals surface area (Å²) in [5.41, 5.74) is -0.984. The summed E-state index contributed by atoms with van der Waals surface area (Å²) in [6.07, 6.45) is -3.36. The van der Waals surface area contributed by atoms with Gasteiger partial charge in [-0.15, -0.1) is 0 Å². The van der Waals surface area contributed by atoms with Crippen LogP contribution < -0.4 is 4.74 Å². The smallest absolute Gasteiger partial charge is 0.437 e. The highest BCUT2D eigenvalue weighted by Gasteiger charge is 2.36. The van der Waals surface area contributed by atoms with Gasteiger partial charge in [0.2, 0.25) is 0 Å². The van der Waals surface area contributed by atoms with Gasteiger partial charge < -0.3 is 4.74 Å². The molecule has 0 aliphatic rings. The van der Waals surface area contributed by atoms with Crippen molar-refractivity contribution in [2.45, 2.75) is 6.18 Å². The molecule has 0 aliphatic carbocycles. The van der Waals surface area contributed by atoms with Crippen LogP contribution in [-0.4, -0.2) is 12.1 Å². The van der Waals surface area contributed by atoms with Gasteiger partial charge in [0.25, 0.3) is 0 Å². The number of hydrogen-bond acceptors (Lipinski definition) is 2. The van der Waals surface area contributed by atoms with Crippen LogP contribution in [0.25, 0.3) is 0 Å². The predicted molar refractivity (Wildman–Crippen MR) is 48.5 cm³/mol. The van der Waals surface area contributed by atoms with E-state index in [4.69, 9.17) is 0 Å². The number of pyridine rings is 1.